The number of hydrogen-bond donors (Lipinski definition) is 0. The van der Waals surface area contributed by atoms with E-state index in [0.29, 0.717) is 0 Å². The van der Waals surface area contributed by atoms with Gasteiger partial charge in [0.1, 0.15) is 0 Å². The third-order valence-corrected chi connectivity index (χ3v) is 1.58. The molecule has 1 atom stereocenters. The van der Waals surface area contributed by atoms with Crippen LogP contribution in [-0.2, 0) is 0 Å². The first kappa shape index (κ1) is 9.00. The van der Waals surface area contributed by atoms with E-state index in [2.05, 4.69) is 27.2 Å². The maximum atomic E-state index is 3.81. The highest BCUT2D eigenvalue weighted by atomic mass is 14.0. The molecule has 2 radical (unpaired) electrons. The first-order valence-electron chi connectivity index (χ1n) is 3.88. The van der Waals surface area contributed by atoms with Crippen molar-refractivity contribution in [3.8, 4) is 0 Å². The molecule has 0 amide bonds. The van der Waals surface area contributed by atoms with Crippen LogP contribution in [0.2, 0.25) is 0 Å². The molecule has 0 spiro atoms. The molecule has 0 N–H and O–H groups in total. The molecule has 0 heteroatoms. The zero-order valence-corrected chi connectivity index (χ0v) is 6.69. The quantitative estimate of drug-likeness (QED) is 0.530. The number of hydrogen-bond acceptors (Lipinski definition) is 0. The van der Waals surface area contributed by atoms with Crippen molar-refractivity contribution in [3.05, 3.63) is 13.3 Å². The van der Waals surface area contributed by atoms with E-state index in [0.717, 1.165) is 12.3 Å². The van der Waals surface area contributed by atoms with Gasteiger partial charge in [-0.1, -0.05) is 40.0 Å². The van der Waals surface area contributed by atoms with Crippen LogP contribution in [0.5, 0.6) is 0 Å². The second-order valence-corrected chi connectivity index (χ2v) is 2.74. The van der Waals surface area contributed by atoms with Crippen LogP contribution in [0.3, 0.4) is 0 Å². The van der Waals surface area contributed by atoms with E-state index in [4.69, 9.17) is 0 Å². The molecule has 0 aliphatic rings. The minimum atomic E-state index is 0.872. The average Bonchev–Trinajstić information content (AvgIpc) is 1.85. The average molecular weight is 126 g/mol. The van der Waals surface area contributed by atoms with Gasteiger partial charge in [0, 0.05) is 0 Å². The minimum absolute atomic E-state index is 0.872. The highest BCUT2D eigenvalue weighted by Crippen LogP contribution is 2.12. The zero-order chi connectivity index (χ0) is 7.11. The summed E-state index contributed by atoms with van der Waals surface area (Å²) in [6, 6.07) is 0. The van der Waals surface area contributed by atoms with Crippen molar-refractivity contribution in [2.75, 3.05) is 0 Å². The van der Waals surface area contributed by atoms with E-state index >= 15 is 0 Å². The monoisotopic (exact) mass is 126 g/mol. The third-order valence-electron chi connectivity index (χ3n) is 1.58. The van der Waals surface area contributed by atoms with E-state index in [-0.39, 0.29) is 0 Å². The molecule has 0 saturated carbocycles. The summed E-state index contributed by atoms with van der Waals surface area (Å²) in [6.45, 7) is 8.23. The minimum Gasteiger partial charge on any atom is -0.0625 e. The van der Waals surface area contributed by atoms with Gasteiger partial charge >= 0.3 is 0 Å². The van der Waals surface area contributed by atoms with Crippen LogP contribution in [0.25, 0.3) is 0 Å². The second kappa shape index (κ2) is 6.12. The predicted octanol–water partition coefficient (Wildman–Crippen LogP) is 3.24. The zero-order valence-electron chi connectivity index (χ0n) is 6.69. The molecular weight excluding hydrogens is 108 g/mol. The van der Waals surface area contributed by atoms with E-state index in [1.807, 2.05) is 0 Å². The summed E-state index contributed by atoms with van der Waals surface area (Å²) >= 11 is 0. The molecule has 0 rings (SSSR count). The molecule has 0 nitrogen and oxygen atoms in total. The number of rotatable bonds is 5. The van der Waals surface area contributed by atoms with Gasteiger partial charge in [0.2, 0.25) is 0 Å². The summed E-state index contributed by atoms with van der Waals surface area (Å²) in [7, 11) is 0. The van der Waals surface area contributed by atoms with Crippen molar-refractivity contribution in [1.82, 2.24) is 0 Å². The van der Waals surface area contributed by atoms with Crippen LogP contribution in [0, 0.1) is 19.3 Å². The molecule has 1 unspecified atom stereocenters. The Morgan fingerprint density at radius 1 is 1.56 bits per heavy atom. The van der Waals surface area contributed by atoms with Crippen molar-refractivity contribution in [2.45, 2.75) is 39.5 Å². The molecule has 9 heavy (non-hydrogen) atoms. The molecular formula is C9H18. The van der Waals surface area contributed by atoms with Crippen LogP contribution < -0.4 is 0 Å². The number of unbranched alkanes of at least 4 members (excludes halogenated alkanes) is 1. The summed E-state index contributed by atoms with van der Waals surface area (Å²) in [5.41, 5.74) is 0. The van der Waals surface area contributed by atoms with Gasteiger partial charge in [-0.3, -0.25) is 0 Å². The van der Waals surface area contributed by atoms with Crippen LogP contribution in [0.4, 0.5) is 0 Å². The SMILES string of the molecule is [CH2]CCCC(C)C[CH]C. The smallest absolute Gasteiger partial charge is 0.0414 e. The van der Waals surface area contributed by atoms with Crippen LogP contribution in [0.15, 0.2) is 0 Å². The molecule has 54 valence electrons. The lowest BCUT2D eigenvalue weighted by Gasteiger charge is -2.06. The standard InChI is InChI=1S/C9H18/c1-4-6-8-9(3)7-5-2/h5,9H,1,4,6-8H2,2-3H3. The Bertz CT molecular complexity index is 48.0. The lowest BCUT2D eigenvalue weighted by molar-refractivity contribution is 0.506. The molecule has 0 aromatic carbocycles. The Morgan fingerprint density at radius 2 is 2.22 bits per heavy atom. The lowest BCUT2D eigenvalue weighted by Crippen LogP contribution is -1.92. The fraction of sp³-hybridized carbons (Fsp3) is 0.778. The molecule has 0 aliphatic heterocycles. The summed E-state index contributed by atoms with van der Waals surface area (Å²) in [6.07, 6.45) is 7.23. The fourth-order valence-electron chi connectivity index (χ4n) is 1.01. The van der Waals surface area contributed by atoms with Crippen molar-refractivity contribution >= 4 is 0 Å². The van der Waals surface area contributed by atoms with E-state index < -0.39 is 0 Å². The van der Waals surface area contributed by atoms with Crippen LogP contribution >= 0.6 is 0 Å². The molecule has 0 bridgehead atoms. The molecule has 0 saturated heterocycles. The van der Waals surface area contributed by atoms with E-state index in [9.17, 15) is 0 Å². The largest absolute Gasteiger partial charge is 0.0625 e. The second-order valence-electron chi connectivity index (χ2n) is 2.74. The normalized spacial score (nSPS) is 13.7. The van der Waals surface area contributed by atoms with Crippen molar-refractivity contribution < 1.29 is 0 Å². The third kappa shape index (κ3) is 5.88. The van der Waals surface area contributed by atoms with Gasteiger partial charge in [0.25, 0.3) is 0 Å². The maximum absolute atomic E-state index is 3.81. The Labute approximate surface area is 59.7 Å². The van der Waals surface area contributed by atoms with Gasteiger partial charge in [-0.05, 0) is 18.8 Å². The maximum Gasteiger partial charge on any atom is -0.0414 e. The van der Waals surface area contributed by atoms with Gasteiger partial charge in [-0.2, -0.15) is 0 Å². The molecule has 0 aromatic heterocycles. The summed E-state index contributed by atoms with van der Waals surface area (Å²) in [5.74, 6) is 0.872. The van der Waals surface area contributed by atoms with Gasteiger partial charge in [0.05, 0.1) is 0 Å². The highest BCUT2D eigenvalue weighted by molar-refractivity contribution is 4.62. The molecule has 0 aliphatic carbocycles. The Balaban J connectivity index is 2.95. The Kier molecular flexibility index (Phi) is 6.12. The fourth-order valence-corrected chi connectivity index (χ4v) is 1.01. The molecule has 0 aromatic rings. The topological polar surface area (TPSA) is 0 Å². The first-order valence-corrected chi connectivity index (χ1v) is 3.88. The van der Waals surface area contributed by atoms with Gasteiger partial charge in [0.15, 0.2) is 0 Å². The van der Waals surface area contributed by atoms with Crippen molar-refractivity contribution in [2.24, 2.45) is 5.92 Å². The van der Waals surface area contributed by atoms with Crippen molar-refractivity contribution in [1.29, 1.82) is 0 Å². The van der Waals surface area contributed by atoms with Gasteiger partial charge in [-0.15, -0.1) is 0 Å². The first-order chi connectivity index (χ1) is 4.31. The van der Waals surface area contributed by atoms with Crippen LogP contribution in [0.1, 0.15) is 39.5 Å². The molecule has 0 fully saturated rings. The summed E-state index contributed by atoms with van der Waals surface area (Å²) < 4.78 is 0. The van der Waals surface area contributed by atoms with Gasteiger partial charge in [-0.25, -0.2) is 0 Å². The van der Waals surface area contributed by atoms with Crippen molar-refractivity contribution in [3.63, 3.8) is 0 Å². The van der Waals surface area contributed by atoms with E-state index in [1.54, 1.807) is 0 Å². The summed E-state index contributed by atoms with van der Waals surface area (Å²) in [5, 5.41) is 0. The Hall–Kier alpha value is 0. The van der Waals surface area contributed by atoms with Gasteiger partial charge < -0.3 is 0 Å². The lowest BCUT2D eigenvalue weighted by atomic mass is 10.00. The highest BCUT2D eigenvalue weighted by Gasteiger charge is 1.97. The van der Waals surface area contributed by atoms with Crippen LogP contribution in [-0.4, -0.2) is 0 Å². The van der Waals surface area contributed by atoms with E-state index in [1.165, 1.54) is 19.3 Å². The molecule has 0 heterocycles. The predicted molar refractivity (Wildman–Crippen MR) is 43.0 cm³/mol. The Morgan fingerprint density at radius 3 is 2.67 bits per heavy atom. The summed E-state index contributed by atoms with van der Waals surface area (Å²) in [4.78, 5) is 0.